The minimum Gasteiger partial charge on any atom is -0.467 e. The van der Waals surface area contributed by atoms with Crippen LogP contribution in [0.25, 0.3) is 0 Å². The predicted molar refractivity (Wildman–Crippen MR) is 117 cm³/mol. The SMILES string of the molecule is CN=C(NCc1cccc(C(=O)NCc2ccco2)c1)N1CCOC(C2CCCO2)C1. The van der Waals surface area contributed by atoms with E-state index in [2.05, 4.69) is 20.5 Å². The number of carbonyl (C=O) groups excluding carboxylic acids is 1. The number of hydrogen-bond donors (Lipinski definition) is 2. The molecule has 1 amide bonds. The molecular formula is C23H30N4O4. The van der Waals surface area contributed by atoms with Gasteiger partial charge in [-0.05, 0) is 42.7 Å². The Balaban J connectivity index is 1.31. The number of benzene rings is 1. The van der Waals surface area contributed by atoms with Crippen LogP contribution >= 0.6 is 0 Å². The van der Waals surface area contributed by atoms with E-state index >= 15 is 0 Å². The Hall–Kier alpha value is -2.84. The summed E-state index contributed by atoms with van der Waals surface area (Å²) in [6.45, 7) is 3.98. The zero-order valence-electron chi connectivity index (χ0n) is 17.9. The second kappa shape index (κ2) is 10.5. The lowest BCUT2D eigenvalue weighted by molar-refractivity contribution is -0.0817. The molecule has 8 nitrogen and oxygen atoms in total. The van der Waals surface area contributed by atoms with E-state index in [1.807, 2.05) is 30.3 Å². The van der Waals surface area contributed by atoms with Crippen molar-refractivity contribution in [2.24, 2.45) is 4.99 Å². The summed E-state index contributed by atoms with van der Waals surface area (Å²) in [4.78, 5) is 19.1. The summed E-state index contributed by atoms with van der Waals surface area (Å²) < 4.78 is 17.0. The normalized spacial score (nSPS) is 21.8. The predicted octanol–water partition coefficient (Wildman–Crippen LogP) is 2.16. The van der Waals surface area contributed by atoms with Crippen molar-refractivity contribution in [1.82, 2.24) is 15.5 Å². The third kappa shape index (κ3) is 5.65. The lowest BCUT2D eigenvalue weighted by atomic mass is 10.1. The molecule has 2 N–H and O–H groups in total. The number of ether oxygens (including phenoxy) is 2. The molecule has 2 unspecified atom stereocenters. The van der Waals surface area contributed by atoms with Crippen LogP contribution in [0.1, 0.15) is 34.5 Å². The van der Waals surface area contributed by atoms with E-state index in [-0.39, 0.29) is 18.1 Å². The zero-order valence-corrected chi connectivity index (χ0v) is 17.9. The summed E-state index contributed by atoms with van der Waals surface area (Å²) in [5, 5.41) is 6.30. The molecule has 1 aromatic heterocycles. The smallest absolute Gasteiger partial charge is 0.251 e. The van der Waals surface area contributed by atoms with Crippen molar-refractivity contribution in [3.05, 3.63) is 59.5 Å². The first-order chi connectivity index (χ1) is 15.2. The molecule has 0 aliphatic carbocycles. The molecule has 0 spiro atoms. The zero-order chi connectivity index (χ0) is 21.5. The molecule has 2 aliphatic heterocycles. The lowest BCUT2D eigenvalue weighted by Crippen LogP contribution is -2.53. The number of nitrogens with zero attached hydrogens (tertiary/aromatic N) is 2. The number of rotatable bonds is 6. The van der Waals surface area contributed by atoms with Gasteiger partial charge in [-0.2, -0.15) is 0 Å². The van der Waals surface area contributed by atoms with Crippen molar-refractivity contribution < 1.29 is 18.7 Å². The molecule has 0 bridgehead atoms. The van der Waals surface area contributed by atoms with E-state index < -0.39 is 0 Å². The molecule has 4 rings (SSSR count). The molecule has 0 radical (unpaired) electrons. The number of morpholine rings is 1. The Morgan fingerprint density at radius 1 is 1.13 bits per heavy atom. The van der Waals surface area contributed by atoms with Crippen LogP contribution in [-0.4, -0.2) is 62.3 Å². The summed E-state index contributed by atoms with van der Waals surface area (Å²) in [6, 6.07) is 11.2. The van der Waals surface area contributed by atoms with Crippen molar-refractivity contribution in [3.8, 4) is 0 Å². The average molecular weight is 427 g/mol. The van der Waals surface area contributed by atoms with Crippen LogP contribution in [0.4, 0.5) is 0 Å². The molecule has 2 aliphatic rings. The Kier molecular flexibility index (Phi) is 7.22. The van der Waals surface area contributed by atoms with E-state index in [9.17, 15) is 4.79 Å². The number of aliphatic imine (C=N–C) groups is 1. The van der Waals surface area contributed by atoms with Gasteiger partial charge in [0.25, 0.3) is 5.91 Å². The van der Waals surface area contributed by atoms with Gasteiger partial charge >= 0.3 is 0 Å². The fourth-order valence-corrected chi connectivity index (χ4v) is 4.01. The van der Waals surface area contributed by atoms with Crippen LogP contribution in [0, 0.1) is 0 Å². The van der Waals surface area contributed by atoms with Gasteiger partial charge in [-0.1, -0.05) is 12.1 Å². The molecule has 0 saturated carbocycles. The van der Waals surface area contributed by atoms with Crippen LogP contribution in [0.15, 0.2) is 52.1 Å². The maximum absolute atomic E-state index is 12.5. The van der Waals surface area contributed by atoms with Gasteiger partial charge in [0.2, 0.25) is 0 Å². The maximum Gasteiger partial charge on any atom is 0.251 e. The Morgan fingerprint density at radius 3 is 2.81 bits per heavy atom. The van der Waals surface area contributed by atoms with Crippen LogP contribution in [0.5, 0.6) is 0 Å². The number of amides is 1. The minimum atomic E-state index is -0.129. The first kappa shape index (κ1) is 21.4. The minimum absolute atomic E-state index is 0.0796. The topological polar surface area (TPSA) is 88.3 Å². The molecule has 31 heavy (non-hydrogen) atoms. The summed E-state index contributed by atoms with van der Waals surface area (Å²) in [5.74, 6) is 1.43. The van der Waals surface area contributed by atoms with Gasteiger partial charge in [0, 0.05) is 38.9 Å². The molecule has 3 heterocycles. The number of nitrogens with one attached hydrogen (secondary N) is 2. The average Bonchev–Trinajstić information content (AvgIpc) is 3.53. The third-order valence-electron chi connectivity index (χ3n) is 5.63. The van der Waals surface area contributed by atoms with Gasteiger partial charge in [0.15, 0.2) is 5.96 Å². The first-order valence-electron chi connectivity index (χ1n) is 10.8. The van der Waals surface area contributed by atoms with Gasteiger partial charge in [-0.3, -0.25) is 9.79 Å². The van der Waals surface area contributed by atoms with Crippen LogP contribution in [0.2, 0.25) is 0 Å². The van der Waals surface area contributed by atoms with Crippen molar-refractivity contribution in [3.63, 3.8) is 0 Å². The maximum atomic E-state index is 12.5. The highest BCUT2D eigenvalue weighted by atomic mass is 16.5. The van der Waals surface area contributed by atoms with Crippen LogP contribution in [0.3, 0.4) is 0 Å². The second-order valence-electron chi connectivity index (χ2n) is 7.77. The molecule has 1 aromatic carbocycles. The van der Waals surface area contributed by atoms with Crippen molar-refractivity contribution in [2.45, 2.75) is 38.1 Å². The largest absolute Gasteiger partial charge is 0.467 e. The Labute approximate surface area is 182 Å². The van der Waals surface area contributed by atoms with E-state index in [1.165, 1.54) is 0 Å². The number of hydrogen-bond acceptors (Lipinski definition) is 5. The quantitative estimate of drug-likeness (QED) is 0.544. The fourth-order valence-electron chi connectivity index (χ4n) is 4.01. The highest BCUT2D eigenvalue weighted by Gasteiger charge is 2.32. The summed E-state index contributed by atoms with van der Waals surface area (Å²) in [6.07, 6.45) is 4.01. The van der Waals surface area contributed by atoms with Crippen molar-refractivity contribution in [1.29, 1.82) is 0 Å². The van der Waals surface area contributed by atoms with E-state index in [1.54, 1.807) is 19.4 Å². The number of guanidine groups is 1. The molecule has 2 atom stereocenters. The fraction of sp³-hybridized carbons (Fsp3) is 0.478. The number of furan rings is 1. The highest BCUT2D eigenvalue weighted by Crippen LogP contribution is 2.21. The molecule has 166 valence electrons. The van der Waals surface area contributed by atoms with E-state index in [0.717, 1.165) is 49.8 Å². The summed E-state index contributed by atoms with van der Waals surface area (Å²) >= 11 is 0. The summed E-state index contributed by atoms with van der Waals surface area (Å²) in [5.41, 5.74) is 1.63. The molecular weight excluding hydrogens is 396 g/mol. The van der Waals surface area contributed by atoms with E-state index in [4.69, 9.17) is 13.9 Å². The van der Waals surface area contributed by atoms with Gasteiger partial charge in [0.1, 0.15) is 11.9 Å². The highest BCUT2D eigenvalue weighted by molar-refractivity contribution is 5.94. The Bertz CT molecular complexity index is 877. The second-order valence-corrected chi connectivity index (χ2v) is 7.77. The Morgan fingerprint density at radius 2 is 2.03 bits per heavy atom. The molecule has 2 aromatic rings. The van der Waals surface area contributed by atoms with Crippen LogP contribution in [-0.2, 0) is 22.6 Å². The third-order valence-corrected chi connectivity index (χ3v) is 5.63. The molecule has 2 saturated heterocycles. The van der Waals surface area contributed by atoms with Crippen molar-refractivity contribution in [2.75, 3.05) is 33.4 Å². The van der Waals surface area contributed by atoms with Crippen LogP contribution < -0.4 is 10.6 Å². The van der Waals surface area contributed by atoms with E-state index in [0.29, 0.717) is 25.3 Å². The van der Waals surface area contributed by atoms with Gasteiger partial charge in [-0.25, -0.2) is 0 Å². The molecule has 8 heteroatoms. The standard InChI is InChI=1S/C23H30N4O4/c1-24-23(27-9-12-31-21(16-27)20-8-4-11-30-20)26-14-17-5-2-6-18(13-17)22(28)25-15-19-7-3-10-29-19/h2-3,5-7,10,13,20-21H,4,8-9,11-12,14-16H2,1H3,(H,24,26)(H,25,28). The van der Waals surface area contributed by atoms with Gasteiger partial charge < -0.3 is 29.4 Å². The van der Waals surface area contributed by atoms with Crippen molar-refractivity contribution >= 4 is 11.9 Å². The lowest BCUT2D eigenvalue weighted by Gasteiger charge is -2.37. The molecule has 2 fully saturated rings. The first-order valence-corrected chi connectivity index (χ1v) is 10.8. The number of carbonyl (C=O) groups is 1. The van der Waals surface area contributed by atoms with Gasteiger partial charge in [0.05, 0.1) is 25.5 Å². The van der Waals surface area contributed by atoms with Gasteiger partial charge in [-0.15, -0.1) is 0 Å². The monoisotopic (exact) mass is 426 g/mol. The summed E-state index contributed by atoms with van der Waals surface area (Å²) in [7, 11) is 1.79.